The van der Waals surface area contributed by atoms with Gasteiger partial charge < -0.3 is 15.3 Å². The molecule has 0 bridgehead atoms. The van der Waals surface area contributed by atoms with Crippen molar-refractivity contribution in [3.63, 3.8) is 0 Å². The largest absolute Gasteiger partial charge is 0.481 e. The van der Waals surface area contributed by atoms with E-state index < -0.39 is 11.9 Å². The second-order valence-corrected chi connectivity index (χ2v) is 4.92. The second kappa shape index (κ2) is 5.32. The lowest BCUT2D eigenvalue weighted by molar-refractivity contribution is -0.141. The Labute approximate surface area is 116 Å². The maximum absolute atomic E-state index is 11.9. The van der Waals surface area contributed by atoms with Gasteiger partial charge in [0.1, 0.15) is 0 Å². The quantitative estimate of drug-likeness (QED) is 0.873. The predicted molar refractivity (Wildman–Crippen MR) is 73.6 cm³/mol. The lowest BCUT2D eigenvalue weighted by atomic mass is 10.1. The molecule has 1 unspecified atom stereocenters. The van der Waals surface area contributed by atoms with Crippen molar-refractivity contribution in [2.75, 3.05) is 16.8 Å². The number of carbonyl (C=O) groups is 3. The fourth-order valence-electron chi connectivity index (χ4n) is 2.22. The summed E-state index contributed by atoms with van der Waals surface area (Å²) in [6, 6.07) is 5.24. The Balaban J connectivity index is 2.27. The summed E-state index contributed by atoms with van der Waals surface area (Å²) in [5.41, 5.74) is 2.11. The van der Waals surface area contributed by atoms with E-state index in [2.05, 4.69) is 5.32 Å². The van der Waals surface area contributed by atoms with Crippen LogP contribution in [0.25, 0.3) is 0 Å². The highest BCUT2D eigenvalue weighted by Crippen LogP contribution is 2.29. The van der Waals surface area contributed by atoms with Gasteiger partial charge in [-0.15, -0.1) is 0 Å². The van der Waals surface area contributed by atoms with Gasteiger partial charge in [-0.25, -0.2) is 0 Å². The third-order valence-corrected chi connectivity index (χ3v) is 3.32. The van der Waals surface area contributed by atoms with Gasteiger partial charge in [0.25, 0.3) is 0 Å². The van der Waals surface area contributed by atoms with Crippen LogP contribution in [-0.2, 0) is 14.4 Å². The number of nitrogens with one attached hydrogen (secondary N) is 1. The highest BCUT2D eigenvalue weighted by Gasteiger charge is 2.35. The van der Waals surface area contributed by atoms with Gasteiger partial charge in [-0.2, -0.15) is 0 Å². The Morgan fingerprint density at radius 2 is 2.10 bits per heavy atom. The van der Waals surface area contributed by atoms with Crippen molar-refractivity contribution in [2.45, 2.75) is 20.3 Å². The Kier molecular flexibility index (Phi) is 3.74. The van der Waals surface area contributed by atoms with Crippen LogP contribution in [0.3, 0.4) is 0 Å². The Hall–Kier alpha value is -2.37. The molecule has 1 aromatic carbocycles. The number of aryl methyl sites for hydroxylation is 1. The molecular formula is C14H16N2O4. The van der Waals surface area contributed by atoms with Gasteiger partial charge in [-0.3, -0.25) is 14.4 Å². The molecular weight excluding hydrogens is 260 g/mol. The lowest BCUT2D eigenvalue weighted by Crippen LogP contribution is -2.26. The third-order valence-electron chi connectivity index (χ3n) is 3.32. The summed E-state index contributed by atoms with van der Waals surface area (Å²) in [6.07, 6.45) is 0.0126. The van der Waals surface area contributed by atoms with Crippen LogP contribution >= 0.6 is 0 Å². The molecule has 6 heteroatoms. The van der Waals surface area contributed by atoms with E-state index in [1.54, 1.807) is 18.2 Å². The molecule has 0 aliphatic carbocycles. The second-order valence-electron chi connectivity index (χ2n) is 4.92. The maximum Gasteiger partial charge on any atom is 0.308 e. The first kappa shape index (κ1) is 14.0. The van der Waals surface area contributed by atoms with Crippen LogP contribution in [0.1, 0.15) is 18.9 Å². The van der Waals surface area contributed by atoms with Crippen LogP contribution in [-0.4, -0.2) is 29.4 Å². The van der Waals surface area contributed by atoms with Gasteiger partial charge in [-0.1, -0.05) is 6.07 Å². The summed E-state index contributed by atoms with van der Waals surface area (Å²) in [5, 5.41) is 11.7. The Bertz CT molecular complexity index is 583. The first-order chi connectivity index (χ1) is 9.38. The molecule has 1 saturated heterocycles. The van der Waals surface area contributed by atoms with E-state index in [1.165, 1.54) is 11.8 Å². The standard InChI is InChI=1S/C14H16N2O4/c1-8-3-4-11(6-12(8)15-9(2)17)16-7-10(14(19)20)5-13(16)18/h3-4,6,10H,5,7H2,1-2H3,(H,15,17)(H,19,20). The number of nitrogens with zero attached hydrogens (tertiary/aromatic N) is 1. The fraction of sp³-hybridized carbons (Fsp3) is 0.357. The van der Waals surface area contributed by atoms with E-state index in [0.29, 0.717) is 11.4 Å². The minimum atomic E-state index is -0.963. The van der Waals surface area contributed by atoms with E-state index >= 15 is 0 Å². The summed E-state index contributed by atoms with van der Waals surface area (Å²) in [7, 11) is 0. The number of benzene rings is 1. The van der Waals surface area contributed by atoms with Crippen LogP contribution in [0.5, 0.6) is 0 Å². The SMILES string of the molecule is CC(=O)Nc1cc(N2CC(C(=O)O)CC2=O)ccc1C. The zero-order valence-electron chi connectivity index (χ0n) is 11.3. The monoisotopic (exact) mass is 276 g/mol. The van der Waals surface area contributed by atoms with Gasteiger partial charge in [0, 0.05) is 31.3 Å². The average Bonchev–Trinajstić information content (AvgIpc) is 2.74. The molecule has 1 aliphatic rings. The summed E-state index contributed by atoms with van der Waals surface area (Å²) in [4.78, 5) is 35.4. The molecule has 2 rings (SSSR count). The maximum atomic E-state index is 11.9. The van der Waals surface area contributed by atoms with Gasteiger partial charge in [0.2, 0.25) is 11.8 Å². The number of anilines is 2. The summed E-state index contributed by atoms with van der Waals surface area (Å²) < 4.78 is 0. The van der Waals surface area contributed by atoms with Crippen LogP contribution in [0.2, 0.25) is 0 Å². The summed E-state index contributed by atoms with van der Waals surface area (Å²) in [5.74, 6) is -2.04. The van der Waals surface area contributed by atoms with Crippen LogP contribution in [0, 0.1) is 12.8 Å². The number of carbonyl (C=O) groups excluding carboxylic acids is 2. The number of hydrogen-bond donors (Lipinski definition) is 2. The highest BCUT2D eigenvalue weighted by atomic mass is 16.4. The lowest BCUT2D eigenvalue weighted by Gasteiger charge is -2.18. The number of aliphatic carboxylic acids is 1. The topological polar surface area (TPSA) is 86.7 Å². The average molecular weight is 276 g/mol. The minimum absolute atomic E-state index is 0.0126. The van der Waals surface area contributed by atoms with Crippen LogP contribution in [0.15, 0.2) is 18.2 Å². The number of amides is 2. The molecule has 20 heavy (non-hydrogen) atoms. The van der Waals surface area contributed by atoms with Gasteiger partial charge in [-0.05, 0) is 24.6 Å². The van der Waals surface area contributed by atoms with Gasteiger partial charge in [0.05, 0.1) is 5.92 Å². The molecule has 1 heterocycles. The molecule has 0 aromatic heterocycles. The van der Waals surface area contributed by atoms with E-state index in [1.807, 2.05) is 6.92 Å². The van der Waals surface area contributed by atoms with Crippen molar-refractivity contribution in [1.82, 2.24) is 0 Å². The van der Waals surface area contributed by atoms with Crippen LogP contribution in [0.4, 0.5) is 11.4 Å². The molecule has 2 N–H and O–H groups in total. The number of carboxylic acids is 1. The molecule has 1 aliphatic heterocycles. The van der Waals surface area contributed by atoms with Gasteiger partial charge in [0.15, 0.2) is 0 Å². The van der Waals surface area contributed by atoms with Crippen molar-refractivity contribution in [1.29, 1.82) is 0 Å². The van der Waals surface area contributed by atoms with E-state index in [4.69, 9.17) is 5.11 Å². The molecule has 2 amide bonds. The Morgan fingerprint density at radius 1 is 1.40 bits per heavy atom. The van der Waals surface area contributed by atoms with Crippen molar-refractivity contribution in [3.8, 4) is 0 Å². The smallest absolute Gasteiger partial charge is 0.308 e. The number of carboxylic acid groups (broad SMARTS) is 1. The van der Waals surface area contributed by atoms with Crippen molar-refractivity contribution in [3.05, 3.63) is 23.8 Å². The van der Waals surface area contributed by atoms with Crippen LogP contribution < -0.4 is 10.2 Å². The normalized spacial score (nSPS) is 18.2. The first-order valence-corrected chi connectivity index (χ1v) is 6.30. The summed E-state index contributed by atoms with van der Waals surface area (Å²) >= 11 is 0. The zero-order valence-corrected chi connectivity index (χ0v) is 11.3. The van der Waals surface area contributed by atoms with E-state index in [9.17, 15) is 14.4 Å². The minimum Gasteiger partial charge on any atom is -0.481 e. The molecule has 0 spiro atoms. The first-order valence-electron chi connectivity index (χ1n) is 6.30. The Morgan fingerprint density at radius 3 is 2.65 bits per heavy atom. The predicted octanol–water partition coefficient (Wildman–Crippen LogP) is 1.39. The molecule has 6 nitrogen and oxygen atoms in total. The highest BCUT2D eigenvalue weighted by molar-refractivity contribution is 6.00. The molecule has 1 fully saturated rings. The third kappa shape index (κ3) is 2.79. The fourth-order valence-corrected chi connectivity index (χ4v) is 2.22. The van der Waals surface area contributed by atoms with Crippen molar-refractivity contribution < 1.29 is 19.5 Å². The number of hydrogen-bond acceptors (Lipinski definition) is 3. The summed E-state index contributed by atoms with van der Waals surface area (Å²) in [6.45, 7) is 3.42. The zero-order chi connectivity index (χ0) is 14.9. The van der Waals surface area contributed by atoms with E-state index in [-0.39, 0.29) is 24.8 Å². The van der Waals surface area contributed by atoms with Crippen molar-refractivity contribution >= 4 is 29.2 Å². The van der Waals surface area contributed by atoms with Gasteiger partial charge >= 0.3 is 5.97 Å². The molecule has 0 radical (unpaired) electrons. The van der Waals surface area contributed by atoms with Crippen molar-refractivity contribution in [2.24, 2.45) is 5.92 Å². The molecule has 0 saturated carbocycles. The van der Waals surface area contributed by atoms with E-state index in [0.717, 1.165) is 5.56 Å². The molecule has 1 aromatic rings. The molecule has 106 valence electrons. The molecule has 1 atom stereocenters. The number of rotatable bonds is 3.